The SMILES string of the molecule is CC(C)(OC(=O)c1ccc(Cl)cc1Cl)C1CC[NH2+]CC1. The first-order valence-electron chi connectivity index (χ1n) is 6.90. The van der Waals surface area contributed by atoms with Gasteiger partial charge in [0.25, 0.3) is 0 Å². The summed E-state index contributed by atoms with van der Waals surface area (Å²) < 4.78 is 5.70. The summed E-state index contributed by atoms with van der Waals surface area (Å²) in [7, 11) is 0. The molecule has 1 heterocycles. The molecule has 1 aromatic carbocycles. The molecule has 0 aromatic heterocycles. The zero-order valence-corrected chi connectivity index (χ0v) is 13.3. The van der Waals surface area contributed by atoms with Gasteiger partial charge in [-0.25, -0.2) is 4.79 Å². The standard InChI is InChI=1S/C15H19Cl2NO2/c1-15(2,10-5-7-18-8-6-10)20-14(19)12-4-3-11(16)9-13(12)17/h3-4,9-10,18H,5-8H2,1-2H3/p+1. The van der Waals surface area contributed by atoms with Gasteiger partial charge in [-0.3, -0.25) is 0 Å². The molecule has 20 heavy (non-hydrogen) atoms. The maximum Gasteiger partial charge on any atom is 0.340 e. The first-order valence-corrected chi connectivity index (χ1v) is 7.66. The van der Waals surface area contributed by atoms with E-state index in [0.29, 0.717) is 21.5 Å². The molecule has 0 aliphatic carbocycles. The Balaban J connectivity index is 2.09. The van der Waals surface area contributed by atoms with Gasteiger partial charge in [0.05, 0.1) is 23.7 Å². The molecule has 2 rings (SSSR count). The van der Waals surface area contributed by atoms with Crippen LogP contribution in [0.2, 0.25) is 10.0 Å². The van der Waals surface area contributed by atoms with Crippen LogP contribution in [0.15, 0.2) is 18.2 Å². The summed E-state index contributed by atoms with van der Waals surface area (Å²) in [6.07, 6.45) is 2.13. The molecule has 110 valence electrons. The molecule has 5 heteroatoms. The topological polar surface area (TPSA) is 42.9 Å². The van der Waals surface area contributed by atoms with Crippen LogP contribution in [0.3, 0.4) is 0 Å². The first-order chi connectivity index (χ1) is 9.40. The zero-order valence-electron chi connectivity index (χ0n) is 11.8. The highest BCUT2D eigenvalue weighted by Crippen LogP contribution is 2.30. The minimum absolute atomic E-state index is 0.329. The second kappa shape index (κ2) is 6.33. The smallest absolute Gasteiger partial charge is 0.340 e. The average Bonchev–Trinajstić information content (AvgIpc) is 2.39. The van der Waals surface area contributed by atoms with Crippen LogP contribution < -0.4 is 5.32 Å². The predicted molar refractivity (Wildman–Crippen MR) is 80.3 cm³/mol. The number of piperidine rings is 1. The van der Waals surface area contributed by atoms with E-state index in [0.717, 1.165) is 25.9 Å². The number of rotatable bonds is 3. The van der Waals surface area contributed by atoms with E-state index in [1.807, 2.05) is 13.8 Å². The van der Waals surface area contributed by atoms with Crippen LogP contribution in [-0.4, -0.2) is 24.7 Å². The van der Waals surface area contributed by atoms with E-state index in [2.05, 4.69) is 5.32 Å². The predicted octanol–water partition coefficient (Wildman–Crippen LogP) is 2.90. The molecule has 0 unspecified atom stereocenters. The van der Waals surface area contributed by atoms with Gasteiger partial charge in [0, 0.05) is 23.8 Å². The molecular weight excluding hydrogens is 297 g/mol. The Morgan fingerprint density at radius 3 is 2.55 bits per heavy atom. The molecule has 2 N–H and O–H groups in total. The molecule has 3 nitrogen and oxygen atoms in total. The van der Waals surface area contributed by atoms with Gasteiger partial charge in [-0.1, -0.05) is 23.2 Å². The van der Waals surface area contributed by atoms with E-state index in [1.54, 1.807) is 18.2 Å². The van der Waals surface area contributed by atoms with Crippen LogP contribution in [0.5, 0.6) is 0 Å². The molecule has 0 atom stereocenters. The van der Waals surface area contributed by atoms with Crippen molar-refractivity contribution in [1.82, 2.24) is 0 Å². The summed E-state index contributed by atoms with van der Waals surface area (Å²) in [5.41, 5.74) is -0.111. The van der Waals surface area contributed by atoms with Gasteiger partial charge >= 0.3 is 5.97 Å². The number of ether oxygens (including phenoxy) is 1. The summed E-state index contributed by atoms with van der Waals surface area (Å²) in [6, 6.07) is 4.81. The van der Waals surface area contributed by atoms with E-state index < -0.39 is 5.60 Å². The van der Waals surface area contributed by atoms with Gasteiger partial charge < -0.3 is 10.1 Å². The van der Waals surface area contributed by atoms with Crippen molar-refractivity contribution in [2.45, 2.75) is 32.3 Å². The summed E-state index contributed by atoms with van der Waals surface area (Å²) in [5.74, 6) is 0.00810. The summed E-state index contributed by atoms with van der Waals surface area (Å²) >= 11 is 11.9. The second-order valence-corrected chi connectivity index (χ2v) is 6.60. The van der Waals surface area contributed by atoms with Crippen molar-refractivity contribution < 1.29 is 14.8 Å². The molecule has 0 radical (unpaired) electrons. The Labute approximate surface area is 129 Å². The zero-order chi connectivity index (χ0) is 14.8. The van der Waals surface area contributed by atoms with Crippen LogP contribution in [-0.2, 0) is 4.74 Å². The molecule has 0 spiro atoms. The molecule has 0 amide bonds. The number of halogens is 2. The maximum atomic E-state index is 12.3. The van der Waals surface area contributed by atoms with Gasteiger partial charge in [0.2, 0.25) is 0 Å². The lowest BCUT2D eigenvalue weighted by Gasteiger charge is -2.35. The van der Waals surface area contributed by atoms with E-state index in [9.17, 15) is 4.79 Å². The average molecular weight is 317 g/mol. The largest absolute Gasteiger partial charge is 0.456 e. The number of quaternary nitrogens is 1. The molecule has 0 saturated carbocycles. The summed E-state index contributed by atoms with van der Waals surface area (Å²) in [6.45, 7) is 6.14. The van der Waals surface area contributed by atoms with E-state index >= 15 is 0 Å². The normalized spacial score (nSPS) is 17.0. The van der Waals surface area contributed by atoms with E-state index in [4.69, 9.17) is 27.9 Å². The molecule has 1 aliphatic rings. The Hall–Kier alpha value is -0.770. The van der Waals surface area contributed by atoms with Gasteiger partial charge in [0.15, 0.2) is 0 Å². The van der Waals surface area contributed by atoms with Crippen LogP contribution >= 0.6 is 23.2 Å². The third kappa shape index (κ3) is 3.66. The molecule has 1 fully saturated rings. The Morgan fingerprint density at radius 2 is 1.95 bits per heavy atom. The van der Waals surface area contributed by atoms with E-state index in [-0.39, 0.29) is 5.97 Å². The van der Waals surface area contributed by atoms with Crippen molar-refractivity contribution in [3.63, 3.8) is 0 Å². The lowest BCUT2D eigenvalue weighted by Crippen LogP contribution is -2.86. The molecule has 0 bridgehead atoms. The summed E-state index contributed by atoms with van der Waals surface area (Å²) in [4.78, 5) is 12.3. The quantitative estimate of drug-likeness (QED) is 0.871. The fourth-order valence-electron chi connectivity index (χ4n) is 2.65. The van der Waals surface area contributed by atoms with Crippen molar-refractivity contribution in [2.24, 2.45) is 5.92 Å². The Morgan fingerprint density at radius 1 is 1.30 bits per heavy atom. The fourth-order valence-corrected chi connectivity index (χ4v) is 3.14. The fraction of sp³-hybridized carbons (Fsp3) is 0.533. The van der Waals surface area contributed by atoms with Crippen molar-refractivity contribution in [3.05, 3.63) is 33.8 Å². The molecule has 1 aliphatic heterocycles. The van der Waals surface area contributed by atoms with Crippen molar-refractivity contribution in [3.8, 4) is 0 Å². The highest BCUT2D eigenvalue weighted by Gasteiger charge is 2.35. The number of hydrogen-bond donors (Lipinski definition) is 1. The monoisotopic (exact) mass is 316 g/mol. The highest BCUT2D eigenvalue weighted by atomic mass is 35.5. The van der Waals surface area contributed by atoms with Crippen molar-refractivity contribution >= 4 is 29.2 Å². The second-order valence-electron chi connectivity index (χ2n) is 5.76. The molecule has 1 aromatic rings. The van der Waals surface area contributed by atoms with Crippen LogP contribution in [0.1, 0.15) is 37.0 Å². The van der Waals surface area contributed by atoms with Crippen LogP contribution in [0.4, 0.5) is 0 Å². The Kier molecular flexibility index (Phi) is 4.95. The number of hydrogen-bond acceptors (Lipinski definition) is 2. The number of nitrogens with two attached hydrogens (primary N) is 1. The van der Waals surface area contributed by atoms with Gasteiger partial charge in [0.1, 0.15) is 5.60 Å². The minimum atomic E-state index is -0.478. The van der Waals surface area contributed by atoms with Crippen LogP contribution in [0, 0.1) is 5.92 Å². The summed E-state index contributed by atoms with van der Waals surface area (Å²) in [5, 5.41) is 3.13. The third-order valence-corrected chi connectivity index (χ3v) is 4.48. The highest BCUT2D eigenvalue weighted by molar-refractivity contribution is 6.36. The number of esters is 1. The van der Waals surface area contributed by atoms with Gasteiger partial charge in [-0.2, -0.15) is 0 Å². The minimum Gasteiger partial charge on any atom is -0.456 e. The number of benzene rings is 1. The van der Waals surface area contributed by atoms with E-state index in [1.165, 1.54) is 0 Å². The lowest BCUT2D eigenvalue weighted by molar-refractivity contribution is -0.665. The lowest BCUT2D eigenvalue weighted by atomic mass is 9.83. The molecular formula is C15H20Cl2NO2+. The number of carbonyl (C=O) groups is 1. The first kappa shape index (κ1) is 15.6. The Bertz CT molecular complexity index is 497. The maximum absolute atomic E-state index is 12.3. The van der Waals surface area contributed by atoms with Crippen molar-refractivity contribution in [1.29, 1.82) is 0 Å². The number of carbonyl (C=O) groups excluding carboxylic acids is 1. The van der Waals surface area contributed by atoms with Crippen LogP contribution in [0.25, 0.3) is 0 Å². The third-order valence-electron chi connectivity index (χ3n) is 3.93. The van der Waals surface area contributed by atoms with Gasteiger partial charge in [-0.05, 0) is 32.0 Å². The molecule has 1 saturated heterocycles. The van der Waals surface area contributed by atoms with Gasteiger partial charge in [-0.15, -0.1) is 0 Å². The van der Waals surface area contributed by atoms with Crippen molar-refractivity contribution in [2.75, 3.05) is 13.1 Å².